The zero-order valence-electron chi connectivity index (χ0n) is 17.4. The summed E-state index contributed by atoms with van der Waals surface area (Å²) in [6.45, 7) is 8.13. The Kier molecular flexibility index (Phi) is 7.67. The molecule has 0 aliphatic carbocycles. The van der Waals surface area contributed by atoms with Gasteiger partial charge in [-0.2, -0.15) is 5.10 Å². The Morgan fingerprint density at radius 2 is 1.97 bits per heavy atom. The summed E-state index contributed by atoms with van der Waals surface area (Å²) in [6.07, 6.45) is 5.53. The van der Waals surface area contributed by atoms with E-state index in [4.69, 9.17) is 9.73 Å². The van der Waals surface area contributed by atoms with E-state index < -0.39 is 0 Å². The van der Waals surface area contributed by atoms with Gasteiger partial charge in [-0.25, -0.2) is 4.99 Å². The first-order valence-corrected chi connectivity index (χ1v) is 10.4. The highest BCUT2D eigenvalue weighted by Crippen LogP contribution is 2.19. The molecule has 0 radical (unpaired) electrons. The second-order valence-corrected chi connectivity index (χ2v) is 7.22. The Bertz CT molecular complexity index is 795. The van der Waals surface area contributed by atoms with Crippen LogP contribution in [0.25, 0.3) is 0 Å². The van der Waals surface area contributed by atoms with Crippen molar-refractivity contribution in [2.24, 2.45) is 10.9 Å². The topological polar surface area (TPSA) is 71.8 Å². The standard InChI is InChI=1S/C22H31N5O2/c1-3-23-22(26-12-10-20(11-13-26)21(28)29-4-2)24-14-19-15-25-27(17-19)16-18-8-6-5-7-9-18/h5-9,15,17,20H,3-4,10-14,16H2,1-2H3,(H,23,24). The second kappa shape index (κ2) is 10.6. The molecule has 1 saturated heterocycles. The minimum Gasteiger partial charge on any atom is -0.466 e. The van der Waals surface area contributed by atoms with E-state index in [1.807, 2.05) is 42.2 Å². The third-order valence-corrected chi connectivity index (χ3v) is 5.03. The summed E-state index contributed by atoms with van der Waals surface area (Å²) in [6, 6.07) is 10.3. The average Bonchev–Trinajstić information content (AvgIpc) is 3.19. The second-order valence-electron chi connectivity index (χ2n) is 7.22. The van der Waals surface area contributed by atoms with Crippen molar-refractivity contribution >= 4 is 11.9 Å². The average molecular weight is 398 g/mol. The Labute approximate surface area is 172 Å². The number of nitrogens with zero attached hydrogens (tertiary/aromatic N) is 4. The zero-order valence-corrected chi connectivity index (χ0v) is 17.4. The molecule has 156 valence electrons. The van der Waals surface area contributed by atoms with Gasteiger partial charge in [0.15, 0.2) is 5.96 Å². The predicted molar refractivity (Wildman–Crippen MR) is 114 cm³/mol. The summed E-state index contributed by atoms with van der Waals surface area (Å²) in [5, 5.41) is 7.83. The molecule has 1 aromatic heterocycles. The van der Waals surface area contributed by atoms with E-state index in [9.17, 15) is 4.79 Å². The smallest absolute Gasteiger partial charge is 0.309 e. The minimum atomic E-state index is -0.0695. The number of likely N-dealkylation sites (tertiary alicyclic amines) is 1. The Morgan fingerprint density at radius 1 is 1.21 bits per heavy atom. The molecule has 1 aromatic carbocycles. The molecule has 0 atom stereocenters. The molecule has 2 heterocycles. The maximum atomic E-state index is 11.9. The maximum Gasteiger partial charge on any atom is 0.309 e. The quantitative estimate of drug-likeness (QED) is 0.442. The van der Waals surface area contributed by atoms with Crippen LogP contribution in [0.2, 0.25) is 0 Å². The number of ether oxygens (including phenoxy) is 1. The van der Waals surface area contributed by atoms with Crippen molar-refractivity contribution in [3.8, 4) is 0 Å². The Balaban J connectivity index is 1.56. The van der Waals surface area contributed by atoms with E-state index >= 15 is 0 Å². The van der Waals surface area contributed by atoms with Crippen LogP contribution in [0.3, 0.4) is 0 Å². The number of carbonyl (C=O) groups excluding carboxylic acids is 1. The highest BCUT2D eigenvalue weighted by molar-refractivity contribution is 5.80. The van der Waals surface area contributed by atoms with Crippen molar-refractivity contribution in [3.63, 3.8) is 0 Å². The summed E-state index contributed by atoms with van der Waals surface area (Å²) in [5.41, 5.74) is 2.31. The minimum absolute atomic E-state index is 0.00490. The van der Waals surface area contributed by atoms with E-state index in [2.05, 4.69) is 34.4 Å². The lowest BCUT2D eigenvalue weighted by atomic mass is 9.97. The molecular formula is C22H31N5O2. The van der Waals surface area contributed by atoms with Gasteiger partial charge in [0.25, 0.3) is 0 Å². The molecule has 1 aliphatic heterocycles. The van der Waals surface area contributed by atoms with Crippen molar-refractivity contribution in [3.05, 3.63) is 53.9 Å². The number of aromatic nitrogens is 2. The first kappa shape index (κ1) is 20.9. The van der Waals surface area contributed by atoms with Gasteiger partial charge < -0.3 is 15.0 Å². The third kappa shape index (κ3) is 6.07. The molecule has 0 amide bonds. The van der Waals surface area contributed by atoms with Gasteiger partial charge in [-0.05, 0) is 32.3 Å². The van der Waals surface area contributed by atoms with Crippen LogP contribution in [0.1, 0.15) is 37.8 Å². The predicted octanol–water partition coefficient (Wildman–Crippen LogP) is 2.67. The van der Waals surface area contributed by atoms with Crippen LogP contribution in [0.15, 0.2) is 47.7 Å². The fourth-order valence-electron chi connectivity index (χ4n) is 3.52. The van der Waals surface area contributed by atoms with Gasteiger partial charge in [0, 0.05) is 31.4 Å². The SMILES string of the molecule is CCNC(=NCc1cnn(Cc2ccccc2)c1)N1CCC(C(=O)OCC)CC1. The zero-order chi connectivity index (χ0) is 20.5. The number of hydrogen-bond donors (Lipinski definition) is 1. The van der Waals surface area contributed by atoms with Crippen molar-refractivity contribution in [2.75, 3.05) is 26.2 Å². The molecule has 0 bridgehead atoms. The van der Waals surface area contributed by atoms with Crippen molar-refractivity contribution in [1.29, 1.82) is 0 Å². The molecule has 0 unspecified atom stereocenters. The number of guanidine groups is 1. The van der Waals surface area contributed by atoms with Crippen LogP contribution in [0, 0.1) is 5.92 Å². The summed E-state index contributed by atoms with van der Waals surface area (Å²) in [4.78, 5) is 19.0. The molecule has 29 heavy (non-hydrogen) atoms. The van der Waals surface area contributed by atoms with E-state index in [1.165, 1.54) is 5.56 Å². The molecule has 0 saturated carbocycles. The molecule has 7 nitrogen and oxygen atoms in total. The first-order valence-electron chi connectivity index (χ1n) is 10.4. The summed E-state index contributed by atoms with van der Waals surface area (Å²) >= 11 is 0. The molecule has 7 heteroatoms. The highest BCUT2D eigenvalue weighted by atomic mass is 16.5. The molecule has 1 aliphatic rings. The van der Waals surface area contributed by atoms with Gasteiger partial charge >= 0.3 is 5.97 Å². The Hall–Kier alpha value is -2.83. The van der Waals surface area contributed by atoms with Crippen molar-refractivity contribution in [1.82, 2.24) is 20.0 Å². The van der Waals surface area contributed by atoms with Crippen LogP contribution in [0.5, 0.6) is 0 Å². The van der Waals surface area contributed by atoms with Gasteiger partial charge in [0.05, 0.1) is 31.8 Å². The normalized spacial score (nSPS) is 15.4. The first-order chi connectivity index (χ1) is 14.2. The number of esters is 1. The number of nitrogens with one attached hydrogen (secondary N) is 1. The largest absolute Gasteiger partial charge is 0.466 e. The lowest BCUT2D eigenvalue weighted by molar-refractivity contribution is -0.149. The van der Waals surface area contributed by atoms with Crippen molar-refractivity contribution in [2.45, 2.75) is 39.8 Å². The molecular weight excluding hydrogens is 366 g/mol. The summed E-state index contributed by atoms with van der Waals surface area (Å²) < 4.78 is 7.10. The number of rotatable bonds is 7. The lowest BCUT2D eigenvalue weighted by Crippen LogP contribution is -2.46. The van der Waals surface area contributed by atoms with Crippen molar-refractivity contribution < 1.29 is 9.53 Å². The van der Waals surface area contributed by atoms with Gasteiger partial charge in [-0.3, -0.25) is 9.48 Å². The van der Waals surface area contributed by atoms with Crippen LogP contribution in [-0.4, -0.2) is 52.9 Å². The number of hydrogen-bond acceptors (Lipinski definition) is 4. The maximum absolute atomic E-state index is 11.9. The van der Waals surface area contributed by atoms with E-state index in [0.717, 1.165) is 50.5 Å². The van der Waals surface area contributed by atoms with E-state index in [-0.39, 0.29) is 11.9 Å². The monoisotopic (exact) mass is 397 g/mol. The molecule has 0 spiro atoms. The molecule has 3 rings (SSSR count). The third-order valence-electron chi connectivity index (χ3n) is 5.03. The van der Waals surface area contributed by atoms with Crippen LogP contribution >= 0.6 is 0 Å². The van der Waals surface area contributed by atoms with Crippen LogP contribution in [-0.2, 0) is 22.6 Å². The van der Waals surface area contributed by atoms with Crippen LogP contribution in [0.4, 0.5) is 0 Å². The van der Waals surface area contributed by atoms with Gasteiger partial charge in [0.1, 0.15) is 0 Å². The van der Waals surface area contributed by atoms with Gasteiger partial charge in [0.2, 0.25) is 0 Å². The van der Waals surface area contributed by atoms with E-state index in [1.54, 1.807) is 0 Å². The fourth-order valence-corrected chi connectivity index (χ4v) is 3.52. The number of aliphatic imine (C=N–C) groups is 1. The highest BCUT2D eigenvalue weighted by Gasteiger charge is 2.27. The summed E-state index contributed by atoms with van der Waals surface area (Å²) in [7, 11) is 0. The Morgan fingerprint density at radius 3 is 2.66 bits per heavy atom. The van der Waals surface area contributed by atoms with Gasteiger partial charge in [-0.15, -0.1) is 0 Å². The molecule has 1 N–H and O–H groups in total. The summed E-state index contributed by atoms with van der Waals surface area (Å²) in [5.74, 6) is 0.829. The molecule has 2 aromatic rings. The number of piperidine rings is 1. The number of carbonyl (C=O) groups is 1. The fraction of sp³-hybridized carbons (Fsp3) is 0.500. The van der Waals surface area contributed by atoms with Gasteiger partial charge in [-0.1, -0.05) is 30.3 Å². The van der Waals surface area contributed by atoms with E-state index in [0.29, 0.717) is 13.2 Å². The number of benzene rings is 1. The van der Waals surface area contributed by atoms with Crippen LogP contribution < -0.4 is 5.32 Å². The lowest BCUT2D eigenvalue weighted by Gasteiger charge is -2.33. The molecule has 1 fully saturated rings.